The lowest BCUT2D eigenvalue weighted by atomic mass is 10.0. The smallest absolute Gasteiger partial charge is 0.171 e. The highest BCUT2D eigenvalue weighted by atomic mass is 14.9. The molecule has 0 spiro atoms. The molecule has 1 aromatic rings. The van der Waals surface area contributed by atoms with Crippen molar-refractivity contribution in [3.05, 3.63) is 29.6 Å². The lowest BCUT2D eigenvalue weighted by Crippen LogP contribution is -2.34. The highest BCUT2D eigenvalue weighted by molar-refractivity contribution is 5.14. The monoisotopic (exact) mass is 360 g/mol. The summed E-state index contributed by atoms with van der Waals surface area (Å²) in [5.41, 5.74) is 2.96. The molecule has 150 valence electrons. The summed E-state index contributed by atoms with van der Waals surface area (Å²) in [7, 11) is 0. The van der Waals surface area contributed by atoms with E-state index in [2.05, 4.69) is 43.8 Å². The fourth-order valence-corrected chi connectivity index (χ4v) is 3.78. The SMILES string of the molecule is CCCCCCCCCCCCCCCC[n+]1cc(CC)cc(CC)c1. The summed E-state index contributed by atoms with van der Waals surface area (Å²) >= 11 is 0. The largest absolute Gasteiger partial charge is 0.205 e. The van der Waals surface area contributed by atoms with Gasteiger partial charge in [-0.1, -0.05) is 97.8 Å². The number of nitrogens with zero attached hydrogens (tertiary/aromatic N) is 1. The second-order valence-corrected chi connectivity index (χ2v) is 8.09. The van der Waals surface area contributed by atoms with Gasteiger partial charge in [-0.15, -0.1) is 0 Å². The first-order chi connectivity index (χ1) is 12.8. The van der Waals surface area contributed by atoms with Gasteiger partial charge < -0.3 is 0 Å². The Kier molecular flexibility index (Phi) is 14.6. The van der Waals surface area contributed by atoms with Crippen molar-refractivity contribution >= 4 is 0 Å². The van der Waals surface area contributed by atoms with Crippen LogP contribution in [0.1, 0.15) is 122 Å². The molecule has 0 radical (unpaired) electrons. The zero-order valence-corrected chi connectivity index (χ0v) is 18.2. The number of hydrogen-bond donors (Lipinski definition) is 0. The molecule has 0 bridgehead atoms. The van der Waals surface area contributed by atoms with Gasteiger partial charge in [0.05, 0.1) is 0 Å². The maximum atomic E-state index is 2.43. The molecule has 0 fully saturated rings. The van der Waals surface area contributed by atoms with Crippen molar-refractivity contribution in [1.82, 2.24) is 0 Å². The predicted molar refractivity (Wildman–Crippen MR) is 116 cm³/mol. The molecule has 0 aliphatic heterocycles. The maximum Gasteiger partial charge on any atom is 0.171 e. The summed E-state index contributed by atoms with van der Waals surface area (Å²) in [5.74, 6) is 0. The highest BCUT2D eigenvalue weighted by Gasteiger charge is 2.05. The summed E-state index contributed by atoms with van der Waals surface area (Å²) in [6.07, 6.45) is 27.1. The van der Waals surface area contributed by atoms with E-state index < -0.39 is 0 Å². The molecule has 26 heavy (non-hydrogen) atoms. The minimum Gasteiger partial charge on any atom is -0.205 e. The Hall–Kier alpha value is -0.850. The van der Waals surface area contributed by atoms with Gasteiger partial charge in [0, 0.05) is 17.5 Å². The molecule has 0 unspecified atom stereocenters. The molecule has 0 aliphatic rings. The molecule has 0 amide bonds. The van der Waals surface area contributed by atoms with Gasteiger partial charge in [-0.05, 0) is 25.3 Å². The number of pyridine rings is 1. The van der Waals surface area contributed by atoms with E-state index in [0.29, 0.717) is 0 Å². The third kappa shape index (κ3) is 11.7. The van der Waals surface area contributed by atoms with E-state index >= 15 is 0 Å². The van der Waals surface area contributed by atoms with Crippen LogP contribution in [-0.2, 0) is 19.4 Å². The molecule has 1 aromatic heterocycles. The molecular formula is C25H46N+. The van der Waals surface area contributed by atoms with E-state index in [-0.39, 0.29) is 0 Å². The molecule has 0 aliphatic carbocycles. The summed E-state index contributed by atoms with van der Waals surface area (Å²) in [6, 6.07) is 2.36. The average Bonchev–Trinajstić information content (AvgIpc) is 2.67. The number of unbranched alkanes of at least 4 members (excludes halogenated alkanes) is 13. The molecule has 1 heteroatoms. The molecule has 1 nitrogen and oxygen atoms in total. The summed E-state index contributed by atoms with van der Waals surface area (Å²) in [5, 5.41) is 0. The Balaban J connectivity index is 1.93. The zero-order valence-electron chi connectivity index (χ0n) is 18.2. The lowest BCUT2D eigenvalue weighted by Gasteiger charge is -2.04. The van der Waals surface area contributed by atoms with Crippen molar-refractivity contribution in [1.29, 1.82) is 0 Å². The van der Waals surface area contributed by atoms with Gasteiger partial charge in [0.1, 0.15) is 6.54 Å². The Labute approximate surface area is 164 Å². The minimum atomic E-state index is 1.15. The Bertz CT molecular complexity index is 416. The number of rotatable bonds is 17. The van der Waals surface area contributed by atoms with Crippen LogP contribution in [0, 0.1) is 0 Å². The first-order valence-corrected chi connectivity index (χ1v) is 11.8. The summed E-state index contributed by atoms with van der Waals surface area (Å²) < 4.78 is 2.43. The Morgan fingerprint density at radius 2 is 0.923 bits per heavy atom. The standard InChI is InChI=1S/C25H46N/c1-4-7-8-9-10-11-12-13-14-15-16-17-18-19-20-26-22-24(5-2)21-25(6-3)23-26/h21-23H,4-20H2,1-3H3/q+1. The van der Waals surface area contributed by atoms with Crippen LogP contribution in [0.4, 0.5) is 0 Å². The van der Waals surface area contributed by atoms with E-state index in [0.717, 1.165) is 12.8 Å². The van der Waals surface area contributed by atoms with Crippen LogP contribution in [0.2, 0.25) is 0 Å². The fraction of sp³-hybridized carbons (Fsp3) is 0.800. The van der Waals surface area contributed by atoms with Gasteiger partial charge in [-0.2, -0.15) is 0 Å². The van der Waals surface area contributed by atoms with E-state index in [1.807, 2.05) is 0 Å². The van der Waals surface area contributed by atoms with Gasteiger partial charge in [-0.3, -0.25) is 0 Å². The molecule has 0 atom stereocenters. The predicted octanol–water partition coefficient (Wildman–Crippen LogP) is 7.58. The molecule has 1 rings (SSSR count). The molecule has 0 aromatic carbocycles. The summed E-state index contributed by atoms with van der Waals surface area (Å²) in [4.78, 5) is 0. The number of hydrogen-bond acceptors (Lipinski definition) is 0. The number of aryl methyl sites for hydroxylation is 3. The normalized spacial score (nSPS) is 11.2. The second-order valence-electron chi connectivity index (χ2n) is 8.09. The Morgan fingerprint density at radius 1 is 0.538 bits per heavy atom. The van der Waals surface area contributed by atoms with Crippen LogP contribution in [0.5, 0.6) is 0 Å². The molecule has 1 heterocycles. The van der Waals surface area contributed by atoms with E-state index in [1.54, 1.807) is 0 Å². The van der Waals surface area contributed by atoms with Crippen LogP contribution in [0.25, 0.3) is 0 Å². The van der Waals surface area contributed by atoms with Crippen molar-refractivity contribution < 1.29 is 4.57 Å². The van der Waals surface area contributed by atoms with Crippen LogP contribution >= 0.6 is 0 Å². The second kappa shape index (κ2) is 16.3. The zero-order chi connectivity index (χ0) is 18.9. The van der Waals surface area contributed by atoms with Crippen molar-refractivity contribution in [2.75, 3.05) is 0 Å². The van der Waals surface area contributed by atoms with Crippen molar-refractivity contribution in [3.63, 3.8) is 0 Å². The van der Waals surface area contributed by atoms with Crippen LogP contribution in [0.15, 0.2) is 18.5 Å². The van der Waals surface area contributed by atoms with E-state index in [1.165, 1.54) is 108 Å². The molecule has 0 saturated heterocycles. The van der Waals surface area contributed by atoms with Crippen LogP contribution in [0.3, 0.4) is 0 Å². The van der Waals surface area contributed by atoms with E-state index in [9.17, 15) is 0 Å². The maximum absolute atomic E-state index is 2.43. The fourth-order valence-electron chi connectivity index (χ4n) is 3.78. The van der Waals surface area contributed by atoms with Crippen LogP contribution < -0.4 is 4.57 Å². The minimum absolute atomic E-state index is 1.15. The van der Waals surface area contributed by atoms with Crippen molar-refractivity contribution in [2.45, 2.75) is 130 Å². The van der Waals surface area contributed by atoms with Gasteiger partial charge in [0.15, 0.2) is 12.4 Å². The third-order valence-corrected chi connectivity index (χ3v) is 5.62. The lowest BCUT2D eigenvalue weighted by molar-refractivity contribution is -0.698. The molecular weight excluding hydrogens is 314 g/mol. The van der Waals surface area contributed by atoms with Gasteiger partial charge in [-0.25, -0.2) is 4.57 Å². The van der Waals surface area contributed by atoms with Gasteiger partial charge in [0.25, 0.3) is 0 Å². The molecule has 0 saturated carbocycles. The van der Waals surface area contributed by atoms with Crippen molar-refractivity contribution in [2.24, 2.45) is 0 Å². The summed E-state index contributed by atoms with van der Waals surface area (Å²) in [6.45, 7) is 8.00. The first kappa shape index (κ1) is 23.2. The average molecular weight is 361 g/mol. The highest BCUT2D eigenvalue weighted by Crippen LogP contribution is 2.13. The van der Waals surface area contributed by atoms with Gasteiger partial charge >= 0.3 is 0 Å². The quantitative estimate of drug-likeness (QED) is 0.199. The topological polar surface area (TPSA) is 3.88 Å². The van der Waals surface area contributed by atoms with Gasteiger partial charge in [0.2, 0.25) is 0 Å². The van der Waals surface area contributed by atoms with E-state index in [4.69, 9.17) is 0 Å². The molecule has 0 N–H and O–H groups in total. The first-order valence-electron chi connectivity index (χ1n) is 11.8. The Morgan fingerprint density at radius 3 is 1.31 bits per heavy atom. The number of aromatic nitrogens is 1. The third-order valence-electron chi connectivity index (χ3n) is 5.62. The van der Waals surface area contributed by atoms with Crippen LogP contribution in [-0.4, -0.2) is 0 Å². The van der Waals surface area contributed by atoms with Crippen molar-refractivity contribution in [3.8, 4) is 0 Å².